The summed E-state index contributed by atoms with van der Waals surface area (Å²) in [5, 5.41) is 0.591. The highest BCUT2D eigenvalue weighted by atomic mass is 35.5. The van der Waals surface area contributed by atoms with E-state index in [1.54, 1.807) is 25.3 Å². The number of Topliss-reactive ketones (excluding diaryl/α,β-unsaturated/α-hetero) is 1. The molecule has 1 rings (SSSR count). The molecule has 0 amide bonds. The molecule has 3 nitrogen and oxygen atoms in total. The van der Waals surface area contributed by atoms with E-state index in [2.05, 4.69) is 0 Å². The Labute approximate surface area is 101 Å². The summed E-state index contributed by atoms with van der Waals surface area (Å²) in [6.07, 6.45) is 0.903. The molecule has 2 N–H and O–H groups in total. The number of hydrogen-bond acceptors (Lipinski definition) is 3. The monoisotopic (exact) mass is 241 g/mol. The number of ketones is 1. The normalized spacial score (nSPS) is 12.2. The average Bonchev–Trinajstić information content (AvgIpc) is 2.28. The van der Waals surface area contributed by atoms with Gasteiger partial charge in [0.25, 0.3) is 0 Å². The maximum absolute atomic E-state index is 11.7. The number of benzene rings is 1. The fourth-order valence-corrected chi connectivity index (χ4v) is 1.63. The van der Waals surface area contributed by atoms with Crippen molar-refractivity contribution in [2.45, 2.75) is 25.8 Å². The second-order valence-electron chi connectivity index (χ2n) is 3.61. The number of nitrogens with two attached hydrogens (primary N) is 1. The first-order valence-corrected chi connectivity index (χ1v) is 5.57. The Morgan fingerprint density at radius 2 is 2.25 bits per heavy atom. The molecule has 1 unspecified atom stereocenters. The highest BCUT2D eigenvalue weighted by molar-refractivity contribution is 6.30. The van der Waals surface area contributed by atoms with Crippen molar-refractivity contribution in [3.05, 3.63) is 28.8 Å². The molecule has 1 aromatic rings. The van der Waals surface area contributed by atoms with E-state index < -0.39 is 6.04 Å². The van der Waals surface area contributed by atoms with Crippen molar-refractivity contribution in [3.8, 4) is 5.75 Å². The summed E-state index contributed by atoms with van der Waals surface area (Å²) in [5.41, 5.74) is 6.45. The third-order valence-electron chi connectivity index (χ3n) is 2.46. The third-order valence-corrected chi connectivity index (χ3v) is 2.70. The van der Waals surface area contributed by atoms with Gasteiger partial charge in [0.1, 0.15) is 5.75 Å². The molecule has 0 aliphatic heterocycles. The Morgan fingerprint density at radius 3 is 2.81 bits per heavy atom. The van der Waals surface area contributed by atoms with E-state index in [0.717, 1.165) is 5.56 Å². The van der Waals surface area contributed by atoms with Gasteiger partial charge in [-0.1, -0.05) is 18.5 Å². The van der Waals surface area contributed by atoms with Gasteiger partial charge >= 0.3 is 0 Å². The maximum Gasteiger partial charge on any atom is 0.154 e. The standard InChI is InChI=1S/C12H16ClNO2/c1-3-10(14)11(15)7-8-6-9(13)4-5-12(8)16-2/h4-6,10H,3,7,14H2,1-2H3. The quantitative estimate of drug-likeness (QED) is 0.860. The van der Waals surface area contributed by atoms with E-state index in [-0.39, 0.29) is 12.2 Å². The zero-order valence-electron chi connectivity index (χ0n) is 9.50. The van der Waals surface area contributed by atoms with Crippen LogP contribution in [0.5, 0.6) is 5.75 Å². The van der Waals surface area contributed by atoms with Gasteiger partial charge in [0.15, 0.2) is 5.78 Å². The molecular formula is C12H16ClNO2. The number of hydrogen-bond donors (Lipinski definition) is 1. The van der Waals surface area contributed by atoms with Crippen LogP contribution in [0.2, 0.25) is 5.02 Å². The van der Waals surface area contributed by atoms with Crippen molar-refractivity contribution in [3.63, 3.8) is 0 Å². The lowest BCUT2D eigenvalue weighted by Crippen LogP contribution is -2.30. The summed E-state index contributed by atoms with van der Waals surface area (Å²) < 4.78 is 5.16. The molecule has 0 aliphatic carbocycles. The van der Waals surface area contributed by atoms with Gasteiger partial charge < -0.3 is 10.5 Å². The lowest BCUT2D eigenvalue weighted by molar-refractivity contribution is -0.119. The Hall–Kier alpha value is -1.06. The van der Waals surface area contributed by atoms with Crippen LogP contribution < -0.4 is 10.5 Å². The minimum absolute atomic E-state index is 0.00284. The molecule has 1 aromatic carbocycles. The highest BCUT2D eigenvalue weighted by Crippen LogP contribution is 2.23. The van der Waals surface area contributed by atoms with Gasteiger partial charge in [0.2, 0.25) is 0 Å². The number of rotatable bonds is 5. The van der Waals surface area contributed by atoms with Crippen molar-refractivity contribution in [2.75, 3.05) is 7.11 Å². The van der Waals surface area contributed by atoms with E-state index in [1.807, 2.05) is 6.92 Å². The number of methoxy groups -OCH3 is 1. The second-order valence-corrected chi connectivity index (χ2v) is 4.05. The summed E-state index contributed by atoms with van der Waals surface area (Å²) in [6, 6.07) is 4.81. The zero-order chi connectivity index (χ0) is 12.1. The van der Waals surface area contributed by atoms with E-state index in [1.165, 1.54) is 0 Å². The Bertz CT molecular complexity index is 379. The molecule has 0 aliphatic rings. The van der Waals surface area contributed by atoms with Crippen molar-refractivity contribution in [1.29, 1.82) is 0 Å². The molecular weight excluding hydrogens is 226 g/mol. The minimum Gasteiger partial charge on any atom is -0.496 e. The van der Waals surface area contributed by atoms with E-state index >= 15 is 0 Å². The van der Waals surface area contributed by atoms with Crippen LogP contribution >= 0.6 is 11.6 Å². The van der Waals surface area contributed by atoms with Gasteiger partial charge in [-0.15, -0.1) is 0 Å². The molecule has 0 spiro atoms. The maximum atomic E-state index is 11.7. The van der Waals surface area contributed by atoms with Crippen molar-refractivity contribution in [2.24, 2.45) is 5.73 Å². The topological polar surface area (TPSA) is 52.3 Å². The van der Waals surface area contributed by atoms with Gasteiger partial charge in [-0.25, -0.2) is 0 Å². The van der Waals surface area contributed by atoms with Crippen LogP contribution in [0.4, 0.5) is 0 Å². The van der Waals surface area contributed by atoms with Gasteiger partial charge in [0, 0.05) is 17.0 Å². The molecule has 0 fully saturated rings. The lowest BCUT2D eigenvalue weighted by Gasteiger charge is -2.11. The Balaban J connectivity index is 2.87. The SMILES string of the molecule is CCC(N)C(=O)Cc1cc(Cl)ccc1OC. The highest BCUT2D eigenvalue weighted by Gasteiger charge is 2.14. The summed E-state index contributed by atoms with van der Waals surface area (Å²) in [7, 11) is 1.57. The third kappa shape index (κ3) is 3.22. The average molecular weight is 242 g/mol. The first-order valence-electron chi connectivity index (χ1n) is 5.19. The summed E-state index contributed by atoms with van der Waals surface area (Å²) in [6.45, 7) is 1.89. The first kappa shape index (κ1) is 13.0. The largest absolute Gasteiger partial charge is 0.496 e. The molecule has 0 bridgehead atoms. The van der Waals surface area contributed by atoms with Crippen LogP contribution in [0, 0.1) is 0 Å². The zero-order valence-corrected chi connectivity index (χ0v) is 10.3. The van der Waals surface area contributed by atoms with Gasteiger partial charge in [-0.05, 0) is 24.6 Å². The second kappa shape index (κ2) is 5.87. The fraction of sp³-hybridized carbons (Fsp3) is 0.417. The molecule has 1 atom stereocenters. The Morgan fingerprint density at radius 1 is 1.56 bits per heavy atom. The molecule has 16 heavy (non-hydrogen) atoms. The number of halogens is 1. The van der Waals surface area contributed by atoms with Gasteiger partial charge in [-0.2, -0.15) is 0 Å². The van der Waals surface area contributed by atoms with Gasteiger partial charge in [0.05, 0.1) is 13.2 Å². The van der Waals surface area contributed by atoms with Gasteiger partial charge in [-0.3, -0.25) is 4.79 Å². The first-order chi connectivity index (χ1) is 7.58. The van der Waals surface area contributed by atoms with E-state index in [4.69, 9.17) is 22.1 Å². The van der Waals surface area contributed by atoms with Crippen molar-refractivity contribution < 1.29 is 9.53 Å². The number of carbonyl (C=O) groups is 1. The molecule has 0 saturated carbocycles. The molecule has 0 radical (unpaired) electrons. The molecule has 88 valence electrons. The van der Waals surface area contributed by atoms with Crippen LogP contribution in [0.1, 0.15) is 18.9 Å². The summed E-state index contributed by atoms with van der Waals surface area (Å²) in [5.74, 6) is 0.670. The molecule has 0 aromatic heterocycles. The Kier molecular flexibility index (Phi) is 4.77. The van der Waals surface area contributed by atoms with Crippen molar-refractivity contribution >= 4 is 17.4 Å². The van der Waals surface area contributed by atoms with Crippen LogP contribution in [-0.4, -0.2) is 18.9 Å². The van der Waals surface area contributed by atoms with Crippen LogP contribution in [0.25, 0.3) is 0 Å². The van der Waals surface area contributed by atoms with Crippen LogP contribution in [-0.2, 0) is 11.2 Å². The van der Waals surface area contributed by atoms with E-state index in [0.29, 0.717) is 17.2 Å². The van der Waals surface area contributed by atoms with Crippen LogP contribution in [0.15, 0.2) is 18.2 Å². The predicted octanol–water partition coefficient (Wildman–Crippen LogP) is 2.20. The fourth-order valence-electron chi connectivity index (χ4n) is 1.43. The molecule has 0 saturated heterocycles. The summed E-state index contributed by atoms with van der Waals surface area (Å²) >= 11 is 5.87. The smallest absolute Gasteiger partial charge is 0.154 e. The number of ether oxygens (including phenoxy) is 1. The predicted molar refractivity (Wildman–Crippen MR) is 65.0 cm³/mol. The number of carbonyl (C=O) groups excluding carboxylic acids is 1. The van der Waals surface area contributed by atoms with Crippen molar-refractivity contribution in [1.82, 2.24) is 0 Å². The summed E-state index contributed by atoms with van der Waals surface area (Å²) in [4.78, 5) is 11.7. The lowest BCUT2D eigenvalue weighted by atomic mass is 10.0. The van der Waals surface area contributed by atoms with E-state index in [9.17, 15) is 4.79 Å². The molecule has 4 heteroatoms. The minimum atomic E-state index is -0.413. The van der Waals surface area contributed by atoms with Crippen LogP contribution in [0.3, 0.4) is 0 Å². The molecule has 0 heterocycles.